The number of nitrogens with one attached hydrogen (secondary N) is 3. The number of rotatable bonds is 6. The fourth-order valence-electron chi connectivity index (χ4n) is 3.70. The van der Waals surface area contributed by atoms with E-state index in [2.05, 4.69) is 22.9 Å². The summed E-state index contributed by atoms with van der Waals surface area (Å²) in [5, 5.41) is 8.75. The van der Waals surface area contributed by atoms with E-state index in [1.807, 2.05) is 0 Å². The van der Waals surface area contributed by atoms with Crippen LogP contribution in [0, 0.1) is 11.8 Å². The average molecular weight is 309 g/mol. The van der Waals surface area contributed by atoms with Crippen LogP contribution in [0.15, 0.2) is 0 Å². The van der Waals surface area contributed by atoms with Crippen molar-refractivity contribution in [3.05, 3.63) is 0 Å². The second-order valence-electron chi connectivity index (χ2n) is 7.07. The Labute approximate surface area is 134 Å². The molecule has 0 aliphatic heterocycles. The van der Waals surface area contributed by atoms with Crippen molar-refractivity contribution >= 4 is 11.9 Å². The molecular weight excluding hydrogens is 278 g/mol. The van der Waals surface area contributed by atoms with E-state index in [1.165, 1.54) is 38.5 Å². The van der Waals surface area contributed by atoms with E-state index in [0.717, 1.165) is 25.3 Å². The molecule has 3 amide bonds. The maximum absolute atomic E-state index is 11.7. The van der Waals surface area contributed by atoms with Gasteiger partial charge in [0.1, 0.15) is 0 Å². The highest BCUT2D eigenvalue weighted by atomic mass is 16.2. The average Bonchev–Trinajstić information content (AvgIpc) is 2.98. The first kappa shape index (κ1) is 17.1. The first-order valence-corrected chi connectivity index (χ1v) is 8.94. The van der Waals surface area contributed by atoms with Gasteiger partial charge in [-0.25, -0.2) is 4.79 Å². The Morgan fingerprint density at radius 2 is 1.77 bits per heavy atom. The van der Waals surface area contributed by atoms with Crippen molar-refractivity contribution in [3.8, 4) is 0 Å². The zero-order valence-corrected chi connectivity index (χ0v) is 13.8. The molecule has 5 nitrogen and oxygen atoms in total. The number of hydrogen-bond donors (Lipinski definition) is 3. The third-order valence-corrected chi connectivity index (χ3v) is 4.95. The van der Waals surface area contributed by atoms with Gasteiger partial charge in [-0.1, -0.05) is 32.6 Å². The third-order valence-electron chi connectivity index (χ3n) is 4.95. The van der Waals surface area contributed by atoms with Crippen molar-refractivity contribution in [2.75, 3.05) is 13.1 Å². The lowest BCUT2D eigenvalue weighted by Gasteiger charge is -2.26. The fourth-order valence-corrected chi connectivity index (χ4v) is 3.70. The standard InChI is InChI=1S/C17H31N3O2/c1-13-5-4-6-14(11-13)12-19-17(22)18-10-9-16(21)20-15-7-2-3-8-15/h13-15H,2-12H2,1H3,(H,20,21)(H2,18,19,22). The van der Waals surface area contributed by atoms with Gasteiger partial charge in [0.25, 0.3) is 0 Å². The summed E-state index contributed by atoms with van der Waals surface area (Å²) in [4.78, 5) is 23.5. The minimum Gasteiger partial charge on any atom is -0.353 e. The van der Waals surface area contributed by atoms with E-state index in [0.29, 0.717) is 24.9 Å². The molecule has 2 atom stereocenters. The van der Waals surface area contributed by atoms with Crippen LogP contribution in [-0.4, -0.2) is 31.1 Å². The van der Waals surface area contributed by atoms with Gasteiger partial charge in [-0.3, -0.25) is 4.79 Å². The molecule has 0 heterocycles. The molecule has 0 saturated heterocycles. The monoisotopic (exact) mass is 309 g/mol. The minimum absolute atomic E-state index is 0.0494. The van der Waals surface area contributed by atoms with Crippen molar-refractivity contribution < 1.29 is 9.59 Å². The fraction of sp³-hybridized carbons (Fsp3) is 0.882. The Bertz CT molecular complexity index is 367. The molecule has 2 unspecified atom stereocenters. The molecule has 126 valence electrons. The van der Waals surface area contributed by atoms with Crippen LogP contribution in [-0.2, 0) is 4.79 Å². The summed E-state index contributed by atoms with van der Waals surface area (Å²) in [7, 11) is 0. The predicted molar refractivity (Wildman–Crippen MR) is 87.5 cm³/mol. The molecule has 3 N–H and O–H groups in total. The van der Waals surface area contributed by atoms with Gasteiger partial charge in [0.05, 0.1) is 0 Å². The molecule has 5 heteroatoms. The summed E-state index contributed by atoms with van der Waals surface area (Å²) in [5.41, 5.74) is 0. The van der Waals surface area contributed by atoms with Crippen LogP contribution in [0.25, 0.3) is 0 Å². The third kappa shape index (κ3) is 6.24. The molecule has 0 bridgehead atoms. The Morgan fingerprint density at radius 3 is 2.50 bits per heavy atom. The Kier molecular flexibility index (Phi) is 7.00. The molecule has 0 aromatic heterocycles. The van der Waals surface area contributed by atoms with E-state index in [9.17, 15) is 9.59 Å². The molecule has 2 saturated carbocycles. The van der Waals surface area contributed by atoms with Gasteiger partial charge in [0, 0.05) is 25.6 Å². The molecule has 0 aromatic rings. The molecular formula is C17H31N3O2. The van der Waals surface area contributed by atoms with Gasteiger partial charge in [0.15, 0.2) is 0 Å². The lowest BCUT2D eigenvalue weighted by Crippen LogP contribution is -2.41. The van der Waals surface area contributed by atoms with E-state index < -0.39 is 0 Å². The summed E-state index contributed by atoms with van der Waals surface area (Å²) in [6.45, 7) is 3.45. The Hall–Kier alpha value is -1.26. The van der Waals surface area contributed by atoms with E-state index >= 15 is 0 Å². The van der Waals surface area contributed by atoms with E-state index in [-0.39, 0.29) is 11.9 Å². The molecule has 0 spiro atoms. The van der Waals surface area contributed by atoms with Crippen LogP contribution in [0.1, 0.15) is 64.7 Å². The summed E-state index contributed by atoms with van der Waals surface area (Å²) in [6, 6.07) is 0.210. The highest BCUT2D eigenvalue weighted by Crippen LogP contribution is 2.27. The summed E-state index contributed by atoms with van der Waals surface area (Å²) < 4.78 is 0. The zero-order chi connectivity index (χ0) is 15.8. The number of carbonyl (C=O) groups excluding carboxylic acids is 2. The number of urea groups is 1. The van der Waals surface area contributed by atoms with Gasteiger partial charge in [-0.15, -0.1) is 0 Å². The Morgan fingerprint density at radius 1 is 1.00 bits per heavy atom. The summed E-state index contributed by atoms with van der Waals surface area (Å²) in [5.74, 6) is 1.44. The van der Waals surface area contributed by atoms with Crippen molar-refractivity contribution in [1.29, 1.82) is 0 Å². The van der Waals surface area contributed by atoms with Crippen molar-refractivity contribution in [3.63, 3.8) is 0 Å². The largest absolute Gasteiger partial charge is 0.353 e. The maximum atomic E-state index is 11.7. The van der Waals surface area contributed by atoms with Gasteiger partial charge in [-0.05, 0) is 37.5 Å². The number of amides is 3. The lowest BCUT2D eigenvalue weighted by atomic mass is 9.82. The zero-order valence-electron chi connectivity index (χ0n) is 13.8. The topological polar surface area (TPSA) is 70.2 Å². The first-order chi connectivity index (χ1) is 10.6. The van der Waals surface area contributed by atoms with Crippen LogP contribution in [0.5, 0.6) is 0 Å². The molecule has 2 rings (SSSR count). The number of carbonyl (C=O) groups is 2. The second-order valence-corrected chi connectivity index (χ2v) is 7.07. The van der Waals surface area contributed by atoms with E-state index in [1.54, 1.807) is 0 Å². The smallest absolute Gasteiger partial charge is 0.314 e. The van der Waals surface area contributed by atoms with Crippen molar-refractivity contribution in [1.82, 2.24) is 16.0 Å². The Balaban J connectivity index is 1.50. The highest BCUT2D eigenvalue weighted by Gasteiger charge is 2.19. The molecule has 0 radical (unpaired) electrons. The predicted octanol–water partition coefficient (Wildman–Crippen LogP) is 2.56. The van der Waals surface area contributed by atoms with Crippen LogP contribution in [0.4, 0.5) is 4.79 Å². The second kappa shape index (κ2) is 9.01. The van der Waals surface area contributed by atoms with Gasteiger partial charge in [-0.2, -0.15) is 0 Å². The molecule has 2 aliphatic carbocycles. The van der Waals surface area contributed by atoms with Gasteiger partial charge >= 0.3 is 6.03 Å². The highest BCUT2D eigenvalue weighted by molar-refractivity contribution is 5.78. The van der Waals surface area contributed by atoms with Crippen LogP contribution < -0.4 is 16.0 Å². The van der Waals surface area contributed by atoms with Crippen molar-refractivity contribution in [2.45, 2.75) is 70.8 Å². The normalized spacial score (nSPS) is 25.7. The molecule has 2 aliphatic rings. The van der Waals surface area contributed by atoms with Crippen molar-refractivity contribution in [2.24, 2.45) is 11.8 Å². The number of hydrogen-bond acceptors (Lipinski definition) is 2. The molecule has 2 fully saturated rings. The maximum Gasteiger partial charge on any atom is 0.314 e. The summed E-state index contributed by atoms with van der Waals surface area (Å²) >= 11 is 0. The van der Waals surface area contributed by atoms with Crippen LogP contribution >= 0.6 is 0 Å². The van der Waals surface area contributed by atoms with Crippen LogP contribution in [0.2, 0.25) is 0 Å². The van der Waals surface area contributed by atoms with Crippen LogP contribution in [0.3, 0.4) is 0 Å². The molecule has 0 aromatic carbocycles. The first-order valence-electron chi connectivity index (χ1n) is 8.94. The minimum atomic E-state index is -0.146. The molecule has 22 heavy (non-hydrogen) atoms. The van der Waals surface area contributed by atoms with Gasteiger partial charge in [0.2, 0.25) is 5.91 Å². The quantitative estimate of drug-likeness (QED) is 0.705. The van der Waals surface area contributed by atoms with E-state index in [4.69, 9.17) is 0 Å². The SMILES string of the molecule is CC1CCCC(CNC(=O)NCCC(=O)NC2CCCC2)C1. The lowest BCUT2D eigenvalue weighted by molar-refractivity contribution is -0.121. The van der Waals surface area contributed by atoms with Gasteiger partial charge < -0.3 is 16.0 Å². The summed E-state index contributed by atoms with van der Waals surface area (Å²) in [6.07, 6.45) is 10.0.